The fourth-order valence-corrected chi connectivity index (χ4v) is 1.28. The fraction of sp³-hybridized carbons (Fsp3) is 0. The third-order valence-corrected chi connectivity index (χ3v) is 1.87. The summed E-state index contributed by atoms with van der Waals surface area (Å²) in [6.45, 7) is 0. The summed E-state index contributed by atoms with van der Waals surface area (Å²) in [5.74, 6) is -1.06. The maximum Gasteiger partial charge on any atom is 0.355 e. The summed E-state index contributed by atoms with van der Waals surface area (Å²) in [5.41, 5.74) is 0.00514. The molecule has 0 aliphatic rings. The van der Waals surface area contributed by atoms with Crippen molar-refractivity contribution < 1.29 is 14.7 Å². The van der Waals surface area contributed by atoms with E-state index in [4.69, 9.17) is 5.11 Å². The van der Waals surface area contributed by atoms with Gasteiger partial charge in [-0.3, -0.25) is 4.79 Å². The van der Waals surface area contributed by atoms with E-state index in [0.29, 0.717) is 11.3 Å². The summed E-state index contributed by atoms with van der Waals surface area (Å²) in [4.78, 5) is 24.0. The van der Waals surface area contributed by atoms with Crippen LogP contribution in [0.4, 0.5) is 0 Å². The molecule has 0 amide bonds. The SMILES string of the molecule is O=CC=Cc1nc(C(=O)O)cs1. The lowest BCUT2D eigenvalue weighted by Crippen LogP contribution is -1.95. The first-order chi connectivity index (χ1) is 5.74. The highest BCUT2D eigenvalue weighted by Crippen LogP contribution is 2.10. The number of hydrogen-bond donors (Lipinski definition) is 1. The van der Waals surface area contributed by atoms with E-state index in [2.05, 4.69) is 4.98 Å². The fourth-order valence-electron chi connectivity index (χ4n) is 0.584. The first-order valence-electron chi connectivity index (χ1n) is 3.04. The molecule has 1 aromatic heterocycles. The Bertz CT molecular complexity index is 329. The average Bonchev–Trinajstić information content (AvgIpc) is 2.48. The molecule has 0 bridgehead atoms. The van der Waals surface area contributed by atoms with Crippen molar-refractivity contribution in [3.05, 3.63) is 22.2 Å². The number of hydrogen-bond acceptors (Lipinski definition) is 4. The summed E-state index contributed by atoms with van der Waals surface area (Å²) < 4.78 is 0. The van der Waals surface area contributed by atoms with Gasteiger partial charge in [0.2, 0.25) is 0 Å². The number of aromatic carboxylic acids is 1. The molecule has 0 atom stereocenters. The minimum Gasteiger partial charge on any atom is -0.476 e. The molecule has 0 aliphatic heterocycles. The number of nitrogens with zero attached hydrogens (tertiary/aromatic N) is 1. The molecule has 4 nitrogen and oxygen atoms in total. The lowest BCUT2D eigenvalue weighted by molar-refractivity contribution is -0.104. The number of carbonyl (C=O) groups is 2. The smallest absolute Gasteiger partial charge is 0.355 e. The Morgan fingerprint density at radius 2 is 2.42 bits per heavy atom. The van der Waals surface area contributed by atoms with Crippen LogP contribution in [0, 0.1) is 0 Å². The number of aromatic nitrogens is 1. The third kappa shape index (κ3) is 2.00. The van der Waals surface area contributed by atoms with E-state index in [1.165, 1.54) is 28.9 Å². The Morgan fingerprint density at radius 1 is 1.67 bits per heavy atom. The molecule has 1 heterocycles. The number of thiazole rings is 1. The van der Waals surface area contributed by atoms with Crippen molar-refractivity contribution in [3.8, 4) is 0 Å². The van der Waals surface area contributed by atoms with Crippen LogP contribution in [0.2, 0.25) is 0 Å². The van der Waals surface area contributed by atoms with Gasteiger partial charge in [-0.15, -0.1) is 11.3 Å². The van der Waals surface area contributed by atoms with Crippen molar-refractivity contribution in [2.45, 2.75) is 0 Å². The summed E-state index contributed by atoms with van der Waals surface area (Å²) in [6, 6.07) is 0. The summed E-state index contributed by atoms with van der Waals surface area (Å²) in [5, 5.41) is 10.4. The maximum atomic E-state index is 10.3. The van der Waals surface area contributed by atoms with Gasteiger partial charge in [-0.25, -0.2) is 9.78 Å². The maximum absolute atomic E-state index is 10.3. The van der Waals surface area contributed by atoms with Crippen LogP contribution in [-0.2, 0) is 4.79 Å². The highest BCUT2D eigenvalue weighted by molar-refractivity contribution is 7.10. The predicted octanol–water partition coefficient (Wildman–Crippen LogP) is 1.05. The van der Waals surface area contributed by atoms with E-state index >= 15 is 0 Å². The second kappa shape index (κ2) is 3.77. The second-order valence-electron chi connectivity index (χ2n) is 1.87. The molecule has 62 valence electrons. The molecule has 1 aromatic rings. The van der Waals surface area contributed by atoms with Crippen LogP contribution in [0.1, 0.15) is 15.5 Å². The van der Waals surface area contributed by atoms with Crippen molar-refractivity contribution in [3.63, 3.8) is 0 Å². The van der Waals surface area contributed by atoms with Crippen LogP contribution in [0.5, 0.6) is 0 Å². The standard InChI is InChI=1S/C7H5NO3S/c9-3-1-2-6-8-5(4-12-6)7(10)11/h1-4H,(H,10,11). The molecule has 0 radical (unpaired) electrons. The number of allylic oxidation sites excluding steroid dienone is 1. The average molecular weight is 183 g/mol. The molecule has 5 heteroatoms. The summed E-state index contributed by atoms with van der Waals surface area (Å²) in [7, 11) is 0. The Balaban J connectivity index is 2.84. The van der Waals surface area contributed by atoms with Gasteiger partial charge in [0, 0.05) is 5.38 Å². The molecular weight excluding hydrogens is 178 g/mol. The van der Waals surface area contributed by atoms with E-state index in [9.17, 15) is 9.59 Å². The van der Waals surface area contributed by atoms with Crippen LogP contribution in [0.25, 0.3) is 6.08 Å². The monoisotopic (exact) mass is 183 g/mol. The first kappa shape index (κ1) is 8.61. The Kier molecular flexibility index (Phi) is 2.71. The predicted molar refractivity (Wildman–Crippen MR) is 44.2 cm³/mol. The Hall–Kier alpha value is -1.49. The van der Waals surface area contributed by atoms with Gasteiger partial charge in [-0.1, -0.05) is 0 Å². The zero-order valence-corrected chi connectivity index (χ0v) is 6.75. The Labute approximate surface area is 72.2 Å². The topological polar surface area (TPSA) is 67.3 Å². The number of carbonyl (C=O) groups excluding carboxylic acids is 1. The van der Waals surface area contributed by atoms with Gasteiger partial charge in [0.1, 0.15) is 11.3 Å². The number of carboxylic acids is 1. The van der Waals surface area contributed by atoms with Crippen molar-refractivity contribution in [1.29, 1.82) is 0 Å². The lowest BCUT2D eigenvalue weighted by atomic mass is 10.5. The Morgan fingerprint density at radius 3 is 2.92 bits per heavy atom. The molecule has 0 unspecified atom stereocenters. The van der Waals surface area contributed by atoms with Crippen molar-refractivity contribution in [1.82, 2.24) is 4.98 Å². The highest BCUT2D eigenvalue weighted by atomic mass is 32.1. The van der Waals surface area contributed by atoms with Gasteiger partial charge in [-0.2, -0.15) is 0 Å². The van der Waals surface area contributed by atoms with Gasteiger partial charge in [0.15, 0.2) is 5.69 Å². The zero-order valence-electron chi connectivity index (χ0n) is 5.93. The number of rotatable bonds is 3. The van der Waals surface area contributed by atoms with Gasteiger partial charge < -0.3 is 5.11 Å². The largest absolute Gasteiger partial charge is 0.476 e. The first-order valence-corrected chi connectivity index (χ1v) is 3.92. The molecular formula is C7H5NO3S. The van der Waals surface area contributed by atoms with E-state index in [-0.39, 0.29) is 5.69 Å². The molecule has 0 aromatic carbocycles. The normalized spacial score (nSPS) is 10.3. The molecule has 12 heavy (non-hydrogen) atoms. The quantitative estimate of drug-likeness (QED) is 0.561. The van der Waals surface area contributed by atoms with Gasteiger partial charge in [-0.05, 0) is 12.2 Å². The van der Waals surface area contributed by atoms with Crippen LogP contribution in [-0.4, -0.2) is 22.3 Å². The molecule has 1 N–H and O–H groups in total. The highest BCUT2D eigenvalue weighted by Gasteiger charge is 2.05. The van der Waals surface area contributed by atoms with E-state index in [0.717, 1.165) is 0 Å². The minimum absolute atomic E-state index is 0.00514. The minimum atomic E-state index is -1.06. The third-order valence-electron chi connectivity index (χ3n) is 1.06. The van der Waals surface area contributed by atoms with E-state index in [1.807, 2.05) is 0 Å². The van der Waals surface area contributed by atoms with E-state index < -0.39 is 5.97 Å². The molecule has 0 saturated heterocycles. The molecule has 0 saturated carbocycles. The van der Waals surface area contributed by atoms with Crippen molar-refractivity contribution in [2.75, 3.05) is 0 Å². The van der Waals surface area contributed by atoms with Crippen LogP contribution >= 0.6 is 11.3 Å². The van der Waals surface area contributed by atoms with Crippen molar-refractivity contribution in [2.24, 2.45) is 0 Å². The van der Waals surface area contributed by atoms with Gasteiger partial charge in [0.25, 0.3) is 0 Å². The molecule has 0 fully saturated rings. The second-order valence-corrected chi connectivity index (χ2v) is 2.76. The van der Waals surface area contributed by atoms with E-state index in [1.54, 1.807) is 0 Å². The van der Waals surface area contributed by atoms with Crippen molar-refractivity contribution >= 4 is 29.7 Å². The molecule has 0 aliphatic carbocycles. The molecule has 0 spiro atoms. The summed E-state index contributed by atoms with van der Waals surface area (Å²) >= 11 is 1.18. The zero-order chi connectivity index (χ0) is 8.97. The van der Waals surface area contributed by atoms with Crippen LogP contribution < -0.4 is 0 Å². The van der Waals surface area contributed by atoms with Crippen LogP contribution in [0.15, 0.2) is 11.5 Å². The van der Waals surface area contributed by atoms with Crippen LogP contribution in [0.3, 0.4) is 0 Å². The summed E-state index contributed by atoms with van der Waals surface area (Å²) in [6.07, 6.45) is 3.34. The number of carboxylic acid groups (broad SMARTS) is 1. The molecule has 1 rings (SSSR count). The van der Waals surface area contributed by atoms with Gasteiger partial charge >= 0.3 is 5.97 Å². The lowest BCUT2D eigenvalue weighted by Gasteiger charge is -1.80. The number of aldehydes is 1. The van der Waals surface area contributed by atoms with Gasteiger partial charge in [0.05, 0.1) is 0 Å².